The summed E-state index contributed by atoms with van der Waals surface area (Å²) in [6.07, 6.45) is 1.49. The highest BCUT2D eigenvalue weighted by Crippen LogP contribution is 2.31. The maximum absolute atomic E-state index is 13.0. The Balaban J connectivity index is 1.60. The molecule has 8 heteroatoms. The minimum atomic E-state index is -0.633. The number of fused-ring (bicyclic) bond motifs is 3. The molecule has 0 fully saturated rings. The van der Waals surface area contributed by atoms with E-state index in [-0.39, 0.29) is 18.4 Å². The van der Waals surface area contributed by atoms with Gasteiger partial charge in [-0.2, -0.15) is 0 Å². The number of nitrogens with one attached hydrogen (secondary N) is 1. The Bertz CT molecular complexity index is 1370. The fourth-order valence-electron chi connectivity index (χ4n) is 3.52. The molecule has 0 saturated heterocycles. The van der Waals surface area contributed by atoms with Crippen LogP contribution >= 0.6 is 15.9 Å². The smallest absolute Gasteiger partial charge is 0.326 e. The molecule has 0 saturated carbocycles. The lowest BCUT2D eigenvalue weighted by Crippen LogP contribution is -2.32. The van der Waals surface area contributed by atoms with Crippen molar-refractivity contribution in [3.05, 3.63) is 69.2 Å². The van der Waals surface area contributed by atoms with Gasteiger partial charge in [0, 0.05) is 10.8 Å². The van der Waals surface area contributed by atoms with Crippen LogP contribution in [0.3, 0.4) is 0 Å². The lowest BCUT2D eigenvalue weighted by molar-refractivity contribution is -0.155. The number of carbonyl (C=O) groups is 1. The van der Waals surface area contributed by atoms with Gasteiger partial charge in [0.25, 0.3) is 5.56 Å². The van der Waals surface area contributed by atoms with Gasteiger partial charge in [0.15, 0.2) is 5.82 Å². The molecule has 2 aromatic heterocycles. The van der Waals surface area contributed by atoms with Crippen LogP contribution in [-0.4, -0.2) is 21.1 Å². The minimum absolute atomic E-state index is 0.154. The van der Waals surface area contributed by atoms with Crippen molar-refractivity contribution >= 4 is 49.7 Å². The number of furan rings is 1. The molecule has 4 rings (SSSR count). The number of benzene rings is 2. The van der Waals surface area contributed by atoms with Gasteiger partial charge >= 0.3 is 5.97 Å². The zero-order valence-electron chi connectivity index (χ0n) is 18.3. The second kappa shape index (κ2) is 8.43. The van der Waals surface area contributed by atoms with Crippen LogP contribution < -0.4 is 10.9 Å². The average Bonchev–Trinajstić information content (AvgIpc) is 3.09. The highest BCUT2D eigenvalue weighted by atomic mass is 79.9. The summed E-state index contributed by atoms with van der Waals surface area (Å²) in [6, 6.07) is 13.6. The van der Waals surface area contributed by atoms with Gasteiger partial charge in [0.1, 0.15) is 27.9 Å². The van der Waals surface area contributed by atoms with Crippen LogP contribution in [0.15, 0.2) is 62.5 Å². The molecule has 0 aliphatic heterocycles. The maximum Gasteiger partial charge on any atom is 0.326 e. The first kappa shape index (κ1) is 22.1. The Hall–Kier alpha value is -3.13. The van der Waals surface area contributed by atoms with Crippen molar-refractivity contribution in [3.8, 4) is 0 Å². The first-order chi connectivity index (χ1) is 15.1. The number of halogens is 1. The first-order valence-electron chi connectivity index (χ1n) is 10.3. The third kappa shape index (κ3) is 4.55. The standard InChI is InChI=1S/C24H24BrN3O4/c1-14(15-9-10-19-17(11-15)16-7-5-6-8-18(16)31-19)27-22-23(30)28(20(25)12-26-22)13-21(29)32-24(2,3)4/h5-12,14H,13H2,1-4H3,(H,26,27)/t14-/m1/s1. The molecule has 32 heavy (non-hydrogen) atoms. The van der Waals surface area contributed by atoms with E-state index in [0.29, 0.717) is 4.60 Å². The molecule has 4 aromatic rings. The molecule has 0 amide bonds. The third-order valence-corrected chi connectivity index (χ3v) is 5.60. The summed E-state index contributed by atoms with van der Waals surface area (Å²) >= 11 is 3.30. The summed E-state index contributed by atoms with van der Waals surface area (Å²) in [7, 11) is 0. The molecule has 0 spiro atoms. The molecule has 0 unspecified atom stereocenters. The fraction of sp³-hybridized carbons (Fsp3) is 0.292. The van der Waals surface area contributed by atoms with Crippen molar-refractivity contribution in [3.63, 3.8) is 0 Å². The number of anilines is 1. The quantitative estimate of drug-likeness (QED) is 0.370. The van der Waals surface area contributed by atoms with Crippen LogP contribution in [0.25, 0.3) is 21.9 Å². The predicted molar refractivity (Wildman–Crippen MR) is 128 cm³/mol. The molecular weight excluding hydrogens is 474 g/mol. The van der Waals surface area contributed by atoms with Gasteiger partial charge < -0.3 is 14.5 Å². The lowest BCUT2D eigenvalue weighted by atomic mass is 10.0. The molecule has 2 aromatic carbocycles. The molecule has 0 radical (unpaired) electrons. The van der Waals surface area contributed by atoms with Crippen molar-refractivity contribution in [2.24, 2.45) is 0 Å². The Labute approximate surface area is 193 Å². The highest BCUT2D eigenvalue weighted by Gasteiger charge is 2.20. The zero-order valence-corrected chi connectivity index (χ0v) is 19.9. The topological polar surface area (TPSA) is 86.4 Å². The predicted octanol–water partition coefficient (Wildman–Crippen LogP) is 5.42. The molecule has 0 bridgehead atoms. The highest BCUT2D eigenvalue weighted by molar-refractivity contribution is 9.10. The number of ether oxygens (including phenoxy) is 1. The van der Waals surface area contributed by atoms with Crippen LogP contribution in [-0.2, 0) is 16.1 Å². The van der Waals surface area contributed by atoms with Gasteiger partial charge in [0.2, 0.25) is 0 Å². The van der Waals surface area contributed by atoms with Crippen molar-refractivity contribution in [2.45, 2.75) is 45.9 Å². The van der Waals surface area contributed by atoms with E-state index >= 15 is 0 Å². The van der Waals surface area contributed by atoms with Crippen molar-refractivity contribution < 1.29 is 13.9 Å². The largest absolute Gasteiger partial charge is 0.459 e. The monoisotopic (exact) mass is 497 g/mol. The lowest BCUT2D eigenvalue weighted by Gasteiger charge is -2.20. The van der Waals surface area contributed by atoms with E-state index in [1.165, 1.54) is 10.8 Å². The molecule has 166 valence electrons. The summed E-state index contributed by atoms with van der Waals surface area (Å²) in [5, 5.41) is 5.22. The van der Waals surface area contributed by atoms with Gasteiger partial charge in [-0.05, 0) is 67.4 Å². The average molecular weight is 498 g/mol. The second-order valence-electron chi connectivity index (χ2n) is 8.63. The molecule has 7 nitrogen and oxygen atoms in total. The van der Waals surface area contributed by atoms with Crippen molar-refractivity contribution in [1.29, 1.82) is 0 Å². The number of hydrogen-bond acceptors (Lipinski definition) is 6. The van der Waals surface area contributed by atoms with E-state index in [0.717, 1.165) is 27.5 Å². The van der Waals surface area contributed by atoms with E-state index < -0.39 is 17.1 Å². The van der Waals surface area contributed by atoms with E-state index in [9.17, 15) is 9.59 Å². The van der Waals surface area contributed by atoms with Crippen LogP contribution in [0.2, 0.25) is 0 Å². The SMILES string of the molecule is C[C@@H](Nc1ncc(Br)n(CC(=O)OC(C)(C)C)c1=O)c1ccc2oc3ccccc3c2c1. The van der Waals surface area contributed by atoms with E-state index in [1.807, 2.05) is 43.3 Å². The second-order valence-corrected chi connectivity index (χ2v) is 9.44. The Morgan fingerprint density at radius 3 is 2.66 bits per heavy atom. The summed E-state index contributed by atoms with van der Waals surface area (Å²) in [5.41, 5.74) is 1.58. The molecule has 1 atom stereocenters. The Morgan fingerprint density at radius 2 is 1.91 bits per heavy atom. The fourth-order valence-corrected chi connectivity index (χ4v) is 3.91. The van der Waals surface area contributed by atoms with Gasteiger partial charge in [-0.15, -0.1) is 0 Å². The normalized spacial score (nSPS) is 12.8. The Kier molecular flexibility index (Phi) is 5.81. The van der Waals surface area contributed by atoms with Crippen molar-refractivity contribution in [2.75, 3.05) is 5.32 Å². The summed E-state index contributed by atoms with van der Waals surface area (Å²) in [6.45, 7) is 7.08. The summed E-state index contributed by atoms with van der Waals surface area (Å²) in [5.74, 6) is -0.343. The van der Waals surface area contributed by atoms with Gasteiger partial charge in [-0.3, -0.25) is 14.2 Å². The number of hydrogen-bond donors (Lipinski definition) is 1. The van der Waals surface area contributed by atoms with Crippen molar-refractivity contribution in [1.82, 2.24) is 9.55 Å². The Morgan fingerprint density at radius 1 is 1.19 bits per heavy atom. The first-order valence-corrected chi connectivity index (χ1v) is 11.1. The maximum atomic E-state index is 13.0. The van der Waals surface area contributed by atoms with E-state index in [1.54, 1.807) is 20.8 Å². The zero-order chi connectivity index (χ0) is 23.0. The third-order valence-electron chi connectivity index (χ3n) is 4.97. The minimum Gasteiger partial charge on any atom is -0.459 e. The van der Waals surface area contributed by atoms with E-state index in [4.69, 9.17) is 9.15 Å². The number of para-hydroxylation sites is 1. The molecule has 1 N–H and O–H groups in total. The summed E-state index contributed by atoms with van der Waals surface area (Å²) < 4.78 is 12.9. The number of esters is 1. The van der Waals surface area contributed by atoms with Crippen LogP contribution in [0.5, 0.6) is 0 Å². The summed E-state index contributed by atoms with van der Waals surface area (Å²) in [4.78, 5) is 29.5. The van der Waals surface area contributed by atoms with Gasteiger partial charge in [-0.25, -0.2) is 4.98 Å². The van der Waals surface area contributed by atoms with Gasteiger partial charge in [-0.1, -0.05) is 24.3 Å². The van der Waals surface area contributed by atoms with Crippen LogP contribution in [0.1, 0.15) is 39.3 Å². The molecule has 0 aliphatic carbocycles. The number of carbonyl (C=O) groups excluding carboxylic acids is 1. The van der Waals surface area contributed by atoms with Gasteiger partial charge in [0.05, 0.1) is 12.2 Å². The number of nitrogens with zero attached hydrogens (tertiary/aromatic N) is 2. The van der Waals surface area contributed by atoms with E-state index in [2.05, 4.69) is 32.3 Å². The molecular formula is C24H24BrN3O4. The number of aromatic nitrogens is 2. The number of rotatable bonds is 5. The molecule has 2 heterocycles. The van der Waals surface area contributed by atoms with Crippen LogP contribution in [0.4, 0.5) is 5.82 Å². The molecule has 0 aliphatic rings. The van der Waals surface area contributed by atoms with Crippen LogP contribution in [0, 0.1) is 0 Å².